The van der Waals surface area contributed by atoms with Gasteiger partial charge in [0.2, 0.25) is 0 Å². The van der Waals surface area contributed by atoms with Gasteiger partial charge in [0, 0.05) is 12.2 Å². The van der Waals surface area contributed by atoms with E-state index in [4.69, 9.17) is 13.9 Å². The van der Waals surface area contributed by atoms with E-state index in [0.717, 1.165) is 17.1 Å². The zero-order chi connectivity index (χ0) is 19.2. The van der Waals surface area contributed by atoms with Gasteiger partial charge in [-0.3, -0.25) is 9.48 Å². The van der Waals surface area contributed by atoms with Crippen LogP contribution in [0, 0.1) is 13.8 Å². The maximum atomic E-state index is 12.3. The number of aryl methyl sites for hydroxylation is 2. The van der Waals surface area contributed by atoms with Crippen molar-refractivity contribution in [2.75, 3.05) is 20.3 Å². The molecule has 1 amide bonds. The van der Waals surface area contributed by atoms with E-state index in [1.165, 1.54) is 0 Å². The van der Waals surface area contributed by atoms with Crippen molar-refractivity contribution in [3.8, 4) is 11.5 Å². The molecule has 0 spiro atoms. The Labute approximate surface area is 157 Å². The number of hydrogen-bond donors (Lipinski definition) is 1. The van der Waals surface area contributed by atoms with Crippen molar-refractivity contribution < 1.29 is 18.7 Å². The number of ether oxygens (including phenoxy) is 2. The molecule has 1 atom stereocenters. The summed E-state index contributed by atoms with van der Waals surface area (Å²) in [5.41, 5.74) is 1.91. The number of carbonyl (C=O) groups is 1. The Morgan fingerprint density at radius 3 is 2.63 bits per heavy atom. The quantitative estimate of drug-likeness (QED) is 0.661. The van der Waals surface area contributed by atoms with E-state index in [2.05, 4.69) is 10.4 Å². The molecule has 142 valence electrons. The second kappa shape index (κ2) is 8.44. The highest BCUT2D eigenvalue weighted by atomic mass is 16.5. The average Bonchev–Trinajstić information content (AvgIpc) is 3.30. The Bertz CT molecular complexity index is 887. The summed E-state index contributed by atoms with van der Waals surface area (Å²) in [4.78, 5) is 12.3. The summed E-state index contributed by atoms with van der Waals surface area (Å²) in [7, 11) is 1.56. The number of rotatable bonds is 8. The third-order valence-electron chi connectivity index (χ3n) is 4.13. The molecule has 3 rings (SSSR count). The second-order valence-electron chi connectivity index (χ2n) is 6.15. The van der Waals surface area contributed by atoms with Crippen LogP contribution in [0.15, 0.2) is 53.1 Å². The topological polar surface area (TPSA) is 78.5 Å². The Kier molecular flexibility index (Phi) is 5.80. The van der Waals surface area contributed by atoms with Crippen LogP contribution in [-0.2, 0) is 4.79 Å². The molecule has 2 aromatic heterocycles. The molecule has 0 aliphatic heterocycles. The fourth-order valence-corrected chi connectivity index (χ4v) is 2.89. The van der Waals surface area contributed by atoms with Crippen LogP contribution in [0.2, 0.25) is 0 Å². The van der Waals surface area contributed by atoms with Crippen molar-refractivity contribution in [1.82, 2.24) is 15.1 Å². The Morgan fingerprint density at radius 2 is 2.00 bits per heavy atom. The molecule has 0 aliphatic rings. The molecule has 1 N–H and O–H groups in total. The van der Waals surface area contributed by atoms with Gasteiger partial charge in [0.15, 0.2) is 18.1 Å². The van der Waals surface area contributed by atoms with Gasteiger partial charge in [0.05, 0.1) is 19.1 Å². The number of benzene rings is 1. The Morgan fingerprint density at radius 1 is 1.22 bits per heavy atom. The lowest BCUT2D eigenvalue weighted by atomic mass is 10.2. The van der Waals surface area contributed by atoms with Gasteiger partial charge in [-0.25, -0.2) is 0 Å². The van der Waals surface area contributed by atoms with Crippen LogP contribution < -0.4 is 14.8 Å². The molecule has 0 aliphatic carbocycles. The standard InChI is InChI=1S/C20H23N3O4/c1-14-11-15(2)23(22-14)16(17-9-6-10-26-17)12-21-20(24)13-27-19-8-5-4-7-18(19)25-3/h4-11,16H,12-13H2,1-3H3,(H,21,24). The van der Waals surface area contributed by atoms with Crippen LogP contribution in [0.25, 0.3) is 0 Å². The minimum atomic E-state index is -0.237. The highest BCUT2D eigenvalue weighted by Gasteiger charge is 2.20. The van der Waals surface area contributed by atoms with Crippen LogP contribution in [0.4, 0.5) is 0 Å². The summed E-state index contributed by atoms with van der Waals surface area (Å²) in [6, 6.07) is 12.7. The monoisotopic (exact) mass is 369 g/mol. The van der Waals surface area contributed by atoms with Gasteiger partial charge in [-0.05, 0) is 44.2 Å². The summed E-state index contributed by atoms with van der Waals surface area (Å²) in [5, 5.41) is 7.41. The molecule has 0 radical (unpaired) electrons. The van der Waals surface area contributed by atoms with Crippen LogP contribution in [0.5, 0.6) is 11.5 Å². The number of aromatic nitrogens is 2. The maximum absolute atomic E-state index is 12.3. The molecular weight excluding hydrogens is 346 g/mol. The van der Waals surface area contributed by atoms with Gasteiger partial charge in [-0.15, -0.1) is 0 Å². The lowest BCUT2D eigenvalue weighted by Gasteiger charge is -2.18. The zero-order valence-electron chi connectivity index (χ0n) is 15.6. The molecular formula is C20H23N3O4. The number of para-hydroxylation sites is 2. The summed E-state index contributed by atoms with van der Waals surface area (Å²) >= 11 is 0. The number of hydrogen-bond acceptors (Lipinski definition) is 5. The SMILES string of the molecule is COc1ccccc1OCC(=O)NCC(c1ccco1)n1nc(C)cc1C. The average molecular weight is 369 g/mol. The fourth-order valence-electron chi connectivity index (χ4n) is 2.89. The minimum Gasteiger partial charge on any atom is -0.493 e. The molecule has 1 unspecified atom stereocenters. The molecule has 0 fully saturated rings. The van der Waals surface area contributed by atoms with E-state index < -0.39 is 0 Å². The number of methoxy groups -OCH3 is 1. The largest absolute Gasteiger partial charge is 0.493 e. The highest BCUT2D eigenvalue weighted by Crippen LogP contribution is 2.25. The van der Waals surface area contributed by atoms with Crippen molar-refractivity contribution in [3.63, 3.8) is 0 Å². The van der Waals surface area contributed by atoms with E-state index >= 15 is 0 Å². The molecule has 27 heavy (non-hydrogen) atoms. The van der Waals surface area contributed by atoms with Crippen molar-refractivity contribution in [2.24, 2.45) is 0 Å². The zero-order valence-corrected chi connectivity index (χ0v) is 15.6. The molecule has 2 heterocycles. The first-order valence-corrected chi connectivity index (χ1v) is 8.67. The molecule has 0 saturated carbocycles. The summed E-state index contributed by atoms with van der Waals surface area (Å²) in [6.45, 7) is 4.14. The minimum absolute atomic E-state index is 0.109. The summed E-state index contributed by atoms with van der Waals surface area (Å²) in [5.74, 6) is 1.60. The van der Waals surface area contributed by atoms with Crippen LogP contribution in [0.1, 0.15) is 23.2 Å². The fraction of sp³-hybridized carbons (Fsp3) is 0.300. The maximum Gasteiger partial charge on any atom is 0.258 e. The number of nitrogens with one attached hydrogen (secondary N) is 1. The summed E-state index contributed by atoms with van der Waals surface area (Å²) in [6.07, 6.45) is 1.61. The van der Waals surface area contributed by atoms with Crippen LogP contribution in [-0.4, -0.2) is 35.9 Å². The first-order chi connectivity index (χ1) is 13.1. The molecule has 1 aromatic carbocycles. The van der Waals surface area contributed by atoms with Gasteiger partial charge in [0.25, 0.3) is 5.91 Å². The normalized spacial score (nSPS) is 11.8. The van der Waals surface area contributed by atoms with E-state index in [1.807, 2.05) is 48.9 Å². The molecule has 7 heteroatoms. The number of carbonyl (C=O) groups excluding carboxylic acids is 1. The van der Waals surface area contributed by atoms with Crippen molar-refractivity contribution >= 4 is 5.91 Å². The van der Waals surface area contributed by atoms with Gasteiger partial charge in [0.1, 0.15) is 11.8 Å². The van der Waals surface area contributed by atoms with Gasteiger partial charge in [-0.1, -0.05) is 12.1 Å². The second-order valence-corrected chi connectivity index (χ2v) is 6.15. The third kappa shape index (κ3) is 4.49. The molecule has 3 aromatic rings. The van der Waals surface area contributed by atoms with Crippen molar-refractivity contribution in [2.45, 2.75) is 19.9 Å². The molecule has 7 nitrogen and oxygen atoms in total. The first-order valence-electron chi connectivity index (χ1n) is 8.67. The Hall–Kier alpha value is -3.22. The highest BCUT2D eigenvalue weighted by molar-refractivity contribution is 5.77. The van der Waals surface area contributed by atoms with E-state index in [0.29, 0.717) is 18.0 Å². The van der Waals surface area contributed by atoms with E-state index in [-0.39, 0.29) is 18.6 Å². The summed E-state index contributed by atoms with van der Waals surface area (Å²) < 4.78 is 18.2. The lowest BCUT2D eigenvalue weighted by molar-refractivity contribution is -0.123. The lowest BCUT2D eigenvalue weighted by Crippen LogP contribution is -2.35. The predicted octanol–water partition coefficient (Wildman–Crippen LogP) is 2.89. The van der Waals surface area contributed by atoms with Crippen molar-refractivity contribution in [3.05, 3.63) is 65.9 Å². The molecule has 0 bridgehead atoms. The van der Waals surface area contributed by atoms with Gasteiger partial charge < -0.3 is 19.2 Å². The molecule has 0 saturated heterocycles. The smallest absolute Gasteiger partial charge is 0.258 e. The third-order valence-corrected chi connectivity index (χ3v) is 4.13. The van der Waals surface area contributed by atoms with Gasteiger partial charge >= 0.3 is 0 Å². The van der Waals surface area contributed by atoms with E-state index in [9.17, 15) is 4.79 Å². The number of furan rings is 1. The first kappa shape index (κ1) is 18.6. The van der Waals surface area contributed by atoms with Crippen molar-refractivity contribution in [1.29, 1.82) is 0 Å². The Balaban J connectivity index is 1.63. The predicted molar refractivity (Wildman–Crippen MR) is 100 cm³/mol. The van der Waals surface area contributed by atoms with Gasteiger partial charge in [-0.2, -0.15) is 5.10 Å². The van der Waals surface area contributed by atoms with Crippen LogP contribution >= 0.6 is 0 Å². The van der Waals surface area contributed by atoms with Crippen LogP contribution in [0.3, 0.4) is 0 Å². The number of amides is 1. The van der Waals surface area contributed by atoms with E-state index in [1.54, 1.807) is 25.5 Å². The number of nitrogens with zero attached hydrogens (tertiary/aromatic N) is 2.